The summed E-state index contributed by atoms with van der Waals surface area (Å²) in [6.45, 7) is 7.82. The summed E-state index contributed by atoms with van der Waals surface area (Å²) in [6.07, 6.45) is 1.88. The Labute approximate surface area is 130 Å². The summed E-state index contributed by atoms with van der Waals surface area (Å²) in [5.74, 6) is 0.851. The first kappa shape index (κ1) is 17.5. The number of methoxy groups -OCH3 is 1. The van der Waals surface area contributed by atoms with E-state index in [1.54, 1.807) is 7.11 Å². The fourth-order valence-corrected chi connectivity index (χ4v) is 2.70. The van der Waals surface area contributed by atoms with Gasteiger partial charge in [0.05, 0.1) is 11.6 Å². The van der Waals surface area contributed by atoms with E-state index in [0.717, 1.165) is 29.6 Å². The lowest BCUT2D eigenvalue weighted by Gasteiger charge is -2.27. The van der Waals surface area contributed by atoms with E-state index in [0.29, 0.717) is 0 Å². The molecule has 4 heteroatoms. The molecule has 1 aromatic carbocycles. The van der Waals surface area contributed by atoms with E-state index in [4.69, 9.17) is 9.84 Å². The van der Waals surface area contributed by atoms with Gasteiger partial charge in [0.2, 0.25) is 0 Å². The molecule has 1 unspecified atom stereocenters. The number of hydrogen-bond acceptors (Lipinski definition) is 3. The van der Waals surface area contributed by atoms with Crippen molar-refractivity contribution in [1.29, 1.82) is 0 Å². The summed E-state index contributed by atoms with van der Waals surface area (Å²) in [4.78, 5) is 0. The lowest BCUT2D eigenvalue weighted by Crippen LogP contribution is -2.31. The largest absolute Gasteiger partial charge is 0.496 e. The highest BCUT2D eigenvalue weighted by atomic mass is 79.9. The number of ether oxygens (including phenoxy) is 1. The third kappa shape index (κ3) is 5.43. The molecule has 1 rings (SSSR count). The minimum absolute atomic E-state index is 0.195. The van der Waals surface area contributed by atoms with Gasteiger partial charge in [0.25, 0.3) is 0 Å². The highest BCUT2D eigenvalue weighted by molar-refractivity contribution is 9.10. The Hall–Kier alpha value is -0.580. The predicted octanol–water partition coefficient (Wildman–Crippen LogP) is 3.91. The van der Waals surface area contributed by atoms with Crippen LogP contribution in [0.15, 0.2) is 22.7 Å². The van der Waals surface area contributed by atoms with Crippen LogP contribution >= 0.6 is 15.9 Å². The second-order valence-electron chi connectivity index (χ2n) is 5.99. The molecule has 0 aliphatic carbocycles. The molecule has 0 saturated heterocycles. The quantitative estimate of drug-likeness (QED) is 0.751. The zero-order valence-electron chi connectivity index (χ0n) is 12.9. The number of aliphatic hydroxyl groups excluding tert-OH is 1. The number of aliphatic hydroxyl groups is 1. The molecule has 114 valence electrons. The van der Waals surface area contributed by atoms with E-state index in [2.05, 4.69) is 54.2 Å². The van der Waals surface area contributed by atoms with Gasteiger partial charge in [-0.25, -0.2) is 0 Å². The Kier molecular flexibility index (Phi) is 7.00. The van der Waals surface area contributed by atoms with Crippen LogP contribution < -0.4 is 10.1 Å². The third-order valence-electron chi connectivity index (χ3n) is 3.57. The van der Waals surface area contributed by atoms with Crippen molar-refractivity contribution in [3.05, 3.63) is 28.2 Å². The summed E-state index contributed by atoms with van der Waals surface area (Å²) in [5, 5.41) is 12.5. The first-order valence-corrected chi connectivity index (χ1v) is 7.86. The van der Waals surface area contributed by atoms with E-state index in [1.165, 1.54) is 5.56 Å². The average molecular weight is 344 g/mol. The fraction of sp³-hybridized carbons (Fsp3) is 0.625. The van der Waals surface area contributed by atoms with E-state index in [9.17, 15) is 0 Å². The SMILES string of the molecule is COc1ccc(C(C)NCC(C)(C)CCCO)cc1Br. The van der Waals surface area contributed by atoms with E-state index >= 15 is 0 Å². The molecule has 0 aromatic heterocycles. The maximum Gasteiger partial charge on any atom is 0.133 e. The smallest absolute Gasteiger partial charge is 0.133 e. The lowest BCUT2D eigenvalue weighted by molar-refractivity contribution is 0.233. The molecule has 0 saturated carbocycles. The summed E-state index contributed by atoms with van der Waals surface area (Å²) in [7, 11) is 1.67. The van der Waals surface area contributed by atoms with Gasteiger partial charge < -0.3 is 15.2 Å². The fourth-order valence-electron chi connectivity index (χ4n) is 2.15. The molecular weight excluding hydrogens is 318 g/mol. The summed E-state index contributed by atoms with van der Waals surface area (Å²) in [6, 6.07) is 6.44. The van der Waals surface area contributed by atoms with Gasteiger partial charge in [0.1, 0.15) is 5.75 Å². The van der Waals surface area contributed by atoms with Gasteiger partial charge in [-0.3, -0.25) is 0 Å². The first-order valence-electron chi connectivity index (χ1n) is 7.07. The standard InChI is InChI=1S/C16H26BrNO2/c1-12(18-11-16(2,3)8-5-9-19)13-6-7-15(20-4)14(17)10-13/h6-7,10,12,18-19H,5,8-9,11H2,1-4H3. The Morgan fingerprint density at radius 3 is 2.65 bits per heavy atom. The predicted molar refractivity (Wildman–Crippen MR) is 87.2 cm³/mol. The van der Waals surface area contributed by atoms with Crippen LogP contribution in [0.4, 0.5) is 0 Å². The van der Waals surface area contributed by atoms with Gasteiger partial charge in [-0.2, -0.15) is 0 Å². The maximum absolute atomic E-state index is 8.93. The van der Waals surface area contributed by atoms with Crippen molar-refractivity contribution in [2.75, 3.05) is 20.3 Å². The molecule has 0 fully saturated rings. The molecule has 0 amide bonds. The van der Waals surface area contributed by atoms with Crippen molar-refractivity contribution in [2.45, 2.75) is 39.7 Å². The second-order valence-corrected chi connectivity index (χ2v) is 6.84. The maximum atomic E-state index is 8.93. The van der Waals surface area contributed by atoms with Gasteiger partial charge >= 0.3 is 0 Å². The molecule has 0 spiro atoms. The lowest BCUT2D eigenvalue weighted by atomic mass is 9.87. The number of hydrogen-bond donors (Lipinski definition) is 2. The molecule has 2 N–H and O–H groups in total. The van der Waals surface area contributed by atoms with Crippen LogP contribution in [0.5, 0.6) is 5.75 Å². The van der Waals surface area contributed by atoms with Gasteiger partial charge in [-0.05, 0) is 58.8 Å². The number of halogens is 1. The summed E-state index contributed by atoms with van der Waals surface area (Å²) in [5.41, 5.74) is 1.43. The van der Waals surface area contributed by atoms with Crippen molar-refractivity contribution >= 4 is 15.9 Å². The summed E-state index contributed by atoms with van der Waals surface area (Å²) < 4.78 is 6.22. The Morgan fingerprint density at radius 2 is 2.10 bits per heavy atom. The van der Waals surface area contributed by atoms with Crippen LogP contribution in [0.2, 0.25) is 0 Å². The van der Waals surface area contributed by atoms with Crippen LogP contribution in [0.3, 0.4) is 0 Å². The van der Waals surface area contributed by atoms with Crippen LogP contribution in [0.25, 0.3) is 0 Å². The van der Waals surface area contributed by atoms with Gasteiger partial charge in [-0.15, -0.1) is 0 Å². The highest BCUT2D eigenvalue weighted by Gasteiger charge is 2.18. The average Bonchev–Trinajstić information content (AvgIpc) is 2.42. The van der Waals surface area contributed by atoms with Gasteiger partial charge in [0, 0.05) is 19.2 Å². The second kappa shape index (κ2) is 8.01. The normalized spacial score (nSPS) is 13.3. The molecule has 1 aromatic rings. The molecule has 20 heavy (non-hydrogen) atoms. The molecule has 0 radical (unpaired) electrons. The van der Waals surface area contributed by atoms with Gasteiger partial charge in [0.15, 0.2) is 0 Å². The zero-order valence-corrected chi connectivity index (χ0v) is 14.5. The Morgan fingerprint density at radius 1 is 1.40 bits per heavy atom. The Bertz CT molecular complexity index is 421. The number of nitrogens with one attached hydrogen (secondary N) is 1. The topological polar surface area (TPSA) is 41.5 Å². The minimum Gasteiger partial charge on any atom is -0.496 e. The molecule has 0 bridgehead atoms. The highest BCUT2D eigenvalue weighted by Crippen LogP contribution is 2.28. The van der Waals surface area contributed by atoms with E-state index in [1.807, 2.05) is 6.07 Å². The van der Waals surface area contributed by atoms with Crippen molar-refractivity contribution in [1.82, 2.24) is 5.32 Å². The van der Waals surface area contributed by atoms with Crippen LogP contribution in [-0.2, 0) is 0 Å². The molecule has 0 heterocycles. The molecule has 0 aliphatic rings. The molecular formula is C16H26BrNO2. The van der Waals surface area contributed by atoms with Gasteiger partial charge in [-0.1, -0.05) is 19.9 Å². The van der Waals surface area contributed by atoms with E-state index in [-0.39, 0.29) is 18.1 Å². The van der Waals surface area contributed by atoms with Crippen LogP contribution in [0.1, 0.15) is 45.2 Å². The first-order chi connectivity index (χ1) is 9.39. The molecule has 0 aliphatic heterocycles. The van der Waals surface area contributed by atoms with Crippen molar-refractivity contribution in [3.8, 4) is 5.75 Å². The minimum atomic E-state index is 0.195. The number of benzene rings is 1. The third-order valence-corrected chi connectivity index (χ3v) is 4.19. The van der Waals surface area contributed by atoms with Crippen molar-refractivity contribution in [2.24, 2.45) is 5.41 Å². The van der Waals surface area contributed by atoms with Crippen molar-refractivity contribution < 1.29 is 9.84 Å². The van der Waals surface area contributed by atoms with Crippen LogP contribution in [0, 0.1) is 5.41 Å². The molecule has 3 nitrogen and oxygen atoms in total. The van der Waals surface area contributed by atoms with E-state index < -0.39 is 0 Å². The van der Waals surface area contributed by atoms with Crippen molar-refractivity contribution in [3.63, 3.8) is 0 Å². The Balaban J connectivity index is 2.58. The van der Waals surface area contributed by atoms with Crippen LogP contribution in [-0.4, -0.2) is 25.4 Å². The zero-order chi connectivity index (χ0) is 15.2. The number of rotatable bonds is 8. The molecule has 1 atom stereocenters. The summed E-state index contributed by atoms with van der Waals surface area (Å²) >= 11 is 3.52. The monoisotopic (exact) mass is 343 g/mol.